The normalized spacial score (nSPS) is 29.2. The highest BCUT2D eigenvalue weighted by molar-refractivity contribution is 6.30. The molecule has 2 saturated heterocycles. The number of hydrogen-bond acceptors (Lipinski definition) is 3. The van der Waals surface area contributed by atoms with E-state index < -0.39 is 0 Å². The van der Waals surface area contributed by atoms with E-state index in [1.54, 1.807) is 6.20 Å². The summed E-state index contributed by atoms with van der Waals surface area (Å²) in [6, 6.07) is 4.64. The van der Waals surface area contributed by atoms with Crippen LogP contribution < -0.4 is 10.2 Å². The van der Waals surface area contributed by atoms with Crippen LogP contribution >= 0.6 is 11.6 Å². The van der Waals surface area contributed by atoms with E-state index in [2.05, 4.69) is 15.2 Å². The summed E-state index contributed by atoms with van der Waals surface area (Å²) in [5.41, 5.74) is 0. The second kappa shape index (κ2) is 4.22. The Morgan fingerprint density at radius 2 is 2.31 bits per heavy atom. The molecule has 3 heterocycles. The maximum absolute atomic E-state index is 5.86. The van der Waals surface area contributed by atoms with Crippen molar-refractivity contribution in [2.75, 3.05) is 24.5 Å². The average Bonchev–Trinajstić information content (AvgIpc) is 2.74. The van der Waals surface area contributed by atoms with Crippen LogP contribution in [0.25, 0.3) is 0 Å². The molecule has 0 aromatic carbocycles. The standard InChI is InChI=1S/C12H16ClN3/c13-10-1-2-12(15-8-10)16-6-4-9-7-14-5-3-11(9)16/h1-2,8-9,11,14H,3-7H2/t9-,11+/m1/s1. The lowest BCUT2D eigenvalue weighted by atomic mass is 9.94. The molecule has 1 aromatic rings. The van der Waals surface area contributed by atoms with Crippen LogP contribution in [0.2, 0.25) is 5.02 Å². The highest BCUT2D eigenvalue weighted by Crippen LogP contribution is 2.32. The number of aromatic nitrogens is 1. The van der Waals surface area contributed by atoms with Crippen LogP contribution in [0.3, 0.4) is 0 Å². The molecule has 1 aromatic heterocycles. The van der Waals surface area contributed by atoms with Gasteiger partial charge in [0.25, 0.3) is 0 Å². The third-order valence-electron chi connectivity index (χ3n) is 3.71. The van der Waals surface area contributed by atoms with Crippen LogP contribution in [-0.2, 0) is 0 Å². The van der Waals surface area contributed by atoms with Crippen LogP contribution in [0.1, 0.15) is 12.8 Å². The SMILES string of the molecule is Clc1ccc(N2CC[C@@H]3CNCC[C@@H]32)nc1. The summed E-state index contributed by atoms with van der Waals surface area (Å²) in [6.45, 7) is 3.42. The molecule has 0 radical (unpaired) electrons. The van der Waals surface area contributed by atoms with Crippen molar-refractivity contribution in [2.24, 2.45) is 5.92 Å². The number of nitrogens with zero attached hydrogens (tertiary/aromatic N) is 2. The first-order valence-electron chi connectivity index (χ1n) is 5.93. The Labute approximate surface area is 101 Å². The Morgan fingerprint density at radius 1 is 1.38 bits per heavy atom. The minimum atomic E-state index is 0.676. The first-order chi connectivity index (χ1) is 7.84. The zero-order valence-corrected chi connectivity index (χ0v) is 9.95. The second-order valence-electron chi connectivity index (χ2n) is 4.64. The summed E-state index contributed by atoms with van der Waals surface area (Å²) in [4.78, 5) is 6.87. The van der Waals surface area contributed by atoms with E-state index in [1.807, 2.05) is 12.1 Å². The molecule has 2 fully saturated rings. The van der Waals surface area contributed by atoms with Crippen LogP contribution in [-0.4, -0.2) is 30.7 Å². The topological polar surface area (TPSA) is 28.2 Å². The number of rotatable bonds is 1. The van der Waals surface area contributed by atoms with Gasteiger partial charge in [0.2, 0.25) is 0 Å². The Hall–Kier alpha value is -0.800. The van der Waals surface area contributed by atoms with E-state index in [-0.39, 0.29) is 0 Å². The zero-order valence-electron chi connectivity index (χ0n) is 9.19. The smallest absolute Gasteiger partial charge is 0.128 e. The fourth-order valence-corrected chi connectivity index (χ4v) is 3.02. The van der Waals surface area contributed by atoms with E-state index in [0.717, 1.165) is 31.4 Å². The predicted octanol–water partition coefficient (Wildman–Crippen LogP) is 1.92. The molecule has 2 aliphatic rings. The molecule has 0 saturated carbocycles. The summed E-state index contributed by atoms with van der Waals surface area (Å²) in [5.74, 6) is 1.88. The molecular weight excluding hydrogens is 222 g/mol. The summed E-state index contributed by atoms with van der Waals surface area (Å²) >= 11 is 5.86. The van der Waals surface area contributed by atoms with Gasteiger partial charge in [-0.2, -0.15) is 0 Å². The predicted molar refractivity (Wildman–Crippen MR) is 66.0 cm³/mol. The first-order valence-corrected chi connectivity index (χ1v) is 6.31. The van der Waals surface area contributed by atoms with E-state index in [1.165, 1.54) is 12.8 Å². The van der Waals surface area contributed by atoms with Crippen molar-refractivity contribution in [1.29, 1.82) is 0 Å². The number of pyridine rings is 1. The number of anilines is 1. The molecule has 0 amide bonds. The molecule has 0 spiro atoms. The molecule has 3 rings (SSSR count). The Bertz CT molecular complexity index is 365. The monoisotopic (exact) mass is 237 g/mol. The molecule has 1 N–H and O–H groups in total. The van der Waals surface area contributed by atoms with Gasteiger partial charge in [0.15, 0.2) is 0 Å². The van der Waals surface area contributed by atoms with E-state index in [4.69, 9.17) is 11.6 Å². The second-order valence-corrected chi connectivity index (χ2v) is 5.07. The fourth-order valence-electron chi connectivity index (χ4n) is 2.91. The van der Waals surface area contributed by atoms with Crippen molar-refractivity contribution >= 4 is 17.4 Å². The summed E-state index contributed by atoms with van der Waals surface area (Å²) in [5, 5.41) is 4.18. The Morgan fingerprint density at radius 3 is 3.12 bits per heavy atom. The van der Waals surface area contributed by atoms with Crippen molar-refractivity contribution in [3.05, 3.63) is 23.4 Å². The fraction of sp³-hybridized carbons (Fsp3) is 0.583. The number of piperidine rings is 1. The quantitative estimate of drug-likeness (QED) is 0.809. The average molecular weight is 238 g/mol. The molecule has 86 valence electrons. The molecule has 4 heteroatoms. The highest BCUT2D eigenvalue weighted by atomic mass is 35.5. The van der Waals surface area contributed by atoms with Gasteiger partial charge in [0, 0.05) is 18.8 Å². The molecule has 0 aliphatic carbocycles. The van der Waals surface area contributed by atoms with Crippen molar-refractivity contribution in [3.8, 4) is 0 Å². The largest absolute Gasteiger partial charge is 0.353 e. The molecule has 2 aliphatic heterocycles. The van der Waals surface area contributed by atoms with Crippen molar-refractivity contribution < 1.29 is 0 Å². The molecular formula is C12H16ClN3. The Balaban J connectivity index is 1.82. The van der Waals surface area contributed by atoms with Crippen molar-refractivity contribution in [2.45, 2.75) is 18.9 Å². The number of hydrogen-bond donors (Lipinski definition) is 1. The highest BCUT2D eigenvalue weighted by Gasteiger charge is 2.36. The third-order valence-corrected chi connectivity index (χ3v) is 3.94. The van der Waals surface area contributed by atoms with Crippen LogP contribution in [0.5, 0.6) is 0 Å². The molecule has 16 heavy (non-hydrogen) atoms. The lowest BCUT2D eigenvalue weighted by Gasteiger charge is -2.32. The molecule has 2 atom stereocenters. The summed E-state index contributed by atoms with van der Waals surface area (Å²) in [6.07, 6.45) is 4.25. The van der Waals surface area contributed by atoms with Crippen LogP contribution in [0, 0.1) is 5.92 Å². The van der Waals surface area contributed by atoms with Gasteiger partial charge in [0.05, 0.1) is 5.02 Å². The van der Waals surface area contributed by atoms with Crippen molar-refractivity contribution in [3.63, 3.8) is 0 Å². The molecule has 0 bridgehead atoms. The van der Waals surface area contributed by atoms with Gasteiger partial charge in [-0.3, -0.25) is 0 Å². The zero-order chi connectivity index (χ0) is 11.0. The van der Waals surface area contributed by atoms with Crippen molar-refractivity contribution in [1.82, 2.24) is 10.3 Å². The minimum Gasteiger partial charge on any atom is -0.353 e. The maximum atomic E-state index is 5.86. The van der Waals surface area contributed by atoms with Gasteiger partial charge in [-0.15, -0.1) is 0 Å². The van der Waals surface area contributed by atoms with Gasteiger partial charge in [-0.05, 0) is 44.0 Å². The van der Waals surface area contributed by atoms with Gasteiger partial charge >= 0.3 is 0 Å². The number of fused-ring (bicyclic) bond motifs is 1. The minimum absolute atomic E-state index is 0.676. The maximum Gasteiger partial charge on any atom is 0.128 e. The van der Waals surface area contributed by atoms with Gasteiger partial charge in [0.1, 0.15) is 5.82 Å². The van der Waals surface area contributed by atoms with E-state index in [0.29, 0.717) is 11.1 Å². The lowest BCUT2D eigenvalue weighted by molar-refractivity contribution is 0.360. The third kappa shape index (κ3) is 1.78. The molecule has 3 nitrogen and oxygen atoms in total. The van der Waals surface area contributed by atoms with Crippen LogP contribution in [0.4, 0.5) is 5.82 Å². The summed E-state index contributed by atoms with van der Waals surface area (Å²) in [7, 11) is 0. The first kappa shape index (κ1) is 10.4. The van der Waals surface area contributed by atoms with Gasteiger partial charge in [-0.25, -0.2) is 4.98 Å². The van der Waals surface area contributed by atoms with Crippen LogP contribution in [0.15, 0.2) is 18.3 Å². The van der Waals surface area contributed by atoms with E-state index >= 15 is 0 Å². The number of nitrogens with one attached hydrogen (secondary N) is 1. The lowest BCUT2D eigenvalue weighted by Crippen LogP contribution is -2.43. The molecule has 0 unspecified atom stereocenters. The van der Waals surface area contributed by atoms with Gasteiger partial charge in [-0.1, -0.05) is 11.6 Å². The van der Waals surface area contributed by atoms with Gasteiger partial charge < -0.3 is 10.2 Å². The number of halogens is 1. The summed E-state index contributed by atoms with van der Waals surface area (Å²) < 4.78 is 0. The Kier molecular flexibility index (Phi) is 2.74. The van der Waals surface area contributed by atoms with E-state index in [9.17, 15) is 0 Å².